The number of nitrogens with zero attached hydrogens (tertiary/aromatic N) is 5. The zero-order valence-corrected chi connectivity index (χ0v) is 16.0. The van der Waals surface area contributed by atoms with Crippen molar-refractivity contribution in [3.8, 4) is 10.6 Å². The van der Waals surface area contributed by atoms with Crippen LogP contribution in [-0.4, -0.2) is 52.2 Å². The summed E-state index contributed by atoms with van der Waals surface area (Å²) < 4.78 is 2.07. The number of likely N-dealkylation sites (N-methyl/N-ethyl adjacent to an activating group) is 1. The van der Waals surface area contributed by atoms with Crippen molar-refractivity contribution in [1.29, 1.82) is 0 Å². The second kappa shape index (κ2) is 6.77. The second-order valence-corrected chi connectivity index (χ2v) is 7.50. The number of fused-ring (bicyclic) bond motifs is 1. The highest BCUT2D eigenvalue weighted by atomic mass is 32.1. The number of aromatic nitrogens is 3. The molecule has 0 radical (unpaired) electrons. The molecule has 0 aliphatic carbocycles. The maximum atomic E-state index is 4.93. The molecule has 0 atom stereocenters. The summed E-state index contributed by atoms with van der Waals surface area (Å²) in [6.07, 6.45) is 0.978. The van der Waals surface area contributed by atoms with Crippen molar-refractivity contribution in [2.45, 2.75) is 27.2 Å². The lowest BCUT2D eigenvalue weighted by atomic mass is 10.1. The van der Waals surface area contributed by atoms with Gasteiger partial charge in [0, 0.05) is 43.5 Å². The zero-order valence-electron chi connectivity index (χ0n) is 15.2. The molecule has 6 heteroatoms. The summed E-state index contributed by atoms with van der Waals surface area (Å²) in [5, 5.41) is 7.03. The van der Waals surface area contributed by atoms with Crippen LogP contribution in [0.2, 0.25) is 0 Å². The van der Waals surface area contributed by atoms with Crippen molar-refractivity contribution in [3.05, 3.63) is 34.8 Å². The largest absolute Gasteiger partial charge is 0.354 e. The molecule has 4 heterocycles. The molecule has 1 aliphatic rings. The van der Waals surface area contributed by atoms with E-state index >= 15 is 0 Å². The molecule has 5 nitrogen and oxygen atoms in total. The quantitative estimate of drug-likeness (QED) is 0.718. The van der Waals surface area contributed by atoms with Crippen molar-refractivity contribution in [1.82, 2.24) is 19.5 Å². The fourth-order valence-electron chi connectivity index (χ4n) is 3.70. The maximum Gasteiger partial charge on any atom is 0.158 e. The van der Waals surface area contributed by atoms with Crippen molar-refractivity contribution in [2.75, 3.05) is 37.6 Å². The standard InChI is InChI=1S/C19H25N5S/c1-4-15-14(3)20-18-13-16(17-7-6-12-25-17)21-24(18)19(15)23-10-8-22(5-2)9-11-23/h6-7,12-13H,4-5,8-11H2,1-3H3. The lowest BCUT2D eigenvalue weighted by molar-refractivity contribution is 0.270. The summed E-state index contributed by atoms with van der Waals surface area (Å²) in [7, 11) is 0. The molecule has 0 bridgehead atoms. The number of aryl methyl sites for hydroxylation is 1. The highest BCUT2D eigenvalue weighted by Gasteiger charge is 2.23. The van der Waals surface area contributed by atoms with Gasteiger partial charge in [-0.1, -0.05) is 19.9 Å². The Bertz CT molecular complexity index is 860. The Kier molecular flexibility index (Phi) is 4.48. The first-order chi connectivity index (χ1) is 12.2. The summed E-state index contributed by atoms with van der Waals surface area (Å²) in [6, 6.07) is 6.31. The summed E-state index contributed by atoms with van der Waals surface area (Å²) in [5.74, 6) is 1.24. The van der Waals surface area contributed by atoms with Gasteiger partial charge in [-0.15, -0.1) is 11.3 Å². The molecule has 0 spiro atoms. The minimum Gasteiger partial charge on any atom is -0.354 e. The van der Waals surface area contributed by atoms with E-state index in [1.165, 1.54) is 16.3 Å². The first-order valence-corrected chi connectivity index (χ1v) is 9.99. The van der Waals surface area contributed by atoms with Gasteiger partial charge in [0.05, 0.1) is 4.88 Å². The SMILES string of the molecule is CCc1c(C)nc2cc(-c3cccs3)nn2c1N1CCN(CC)CC1. The van der Waals surface area contributed by atoms with Gasteiger partial charge in [0.2, 0.25) is 0 Å². The van der Waals surface area contributed by atoms with E-state index in [0.717, 1.165) is 56.2 Å². The molecule has 3 aromatic rings. The number of rotatable bonds is 4. The molecule has 132 valence electrons. The Morgan fingerprint density at radius 2 is 1.96 bits per heavy atom. The molecule has 4 rings (SSSR count). The normalized spacial score (nSPS) is 16.0. The average Bonchev–Trinajstić information content (AvgIpc) is 3.30. The molecule has 1 fully saturated rings. The van der Waals surface area contributed by atoms with Gasteiger partial charge in [0.25, 0.3) is 0 Å². The van der Waals surface area contributed by atoms with Crippen molar-refractivity contribution >= 4 is 22.8 Å². The van der Waals surface area contributed by atoms with Gasteiger partial charge in [-0.3, -0.25) is 0 Å². The third kappa shape index (κ3) is 2.93. The number of anilines is 1. The molecular weight excluding hydrogens is 330 g/mol. The van der Waals surface area contributed by atoms with Crippen LogP contribution < -0.4 is 4.90 Å². The van der Waals surface area contributed by atoms with Gasteiger partial charge in [0.1, 0.15) is 11.5 Å². The first kappa shape index (κ1) is 16.5. The van der Waals surface area contributed by atoms with Crippen LogP contribution in [0.5, 0.6) is 0 Å². The Hall–Kier alpha value is -1.92. The van der Waals surface area contributed by atoms with Gasteiger partial charge < -0.3 is 9.80 Å². The lowest BCUT2D eigenvalue weighted by Gasteiger charge is -2.36. The van der Waals surface area contributed by atoms with E-state index in [2.05, 4.69) is 58.7 Å². The average molecular weight is 356 g/mol. The maximum absolute atomic E-state index is 4.93. The van der Waals surface area contributed by atoms with Gasteiger partial charge in [-0.05, 0) is 31.3 Å². The highest BCUT2D eigenvalue weighted by Crippen LogP contribution is 2.30. The van der Waals surface area contributed by atoms with E-state index in [1.807, 2.05) is 0 Å². The van der Waals surface area contributed by atoms with Crippen LogP contribution in [0.15, 0.2) is 23.6 Å². The van der Waals surface area contributed by atoms with Crippen LogP contribution in [-0.2, 0) is 6.42 Å². The van der Waals surface area contributed by atoms with E-state index in [0.29, 0.717) is 0 Å². The molecule has 0 amide bonds. The predicted molar refractivity (Wildman–Crippen MR) is 105 cm³/mol. The number of hydrogen-bond donors (Lipinski definition) is 0. The monoisotopic (exact) mass is 355 g/mol. The van der Waals surface area contributed by atoms with E-state index in [1.54, 1.807) is 11.3 Å². The molecule has 0 saturated carbocycles. The number of thiophene rings is 1. The van der Waals surface area contributed by atoms with Crippen molar-refractivity contribution in [2.24, 2.45) is 0 Å². The smallest absolute Gasteiger partial charge is 0.158 e. The molecule has 1 aliphatic heterocycles. The Morgan fingerprint density at radius 3 is 2.60 bits per heavy atom. The molecule has 0 N–H and O–H groups in total. The van der Waals surface area contributed by atoms with Crippen LogP contribution in [0.25, 0.3) is 16.2 Å². The van der Waals surface area contributed by atoms with Crippen LogP contribution in [0, 0.1) is 6.92 Å². The third-order valence-corrected chi connectivity index (χ3v) is 6.02. The molecule has 1 saturated heterocycles. The highest BCUT2D eigenvalue weighted by molar-refractivity contribution is 7.13. The van der Waals surface area contributed by atoms with E-state index in [9.17, 15) is 0 Å². The molecule has 25 heavy (non-hydrogen) atoms. The minimum atomic E-state index is 0.950. The van der Waals surface area contributed by atoms with Crippen LogP contribution in [0.3, 0.4) is 0 Å². The molecular formula is C19H25N5S. The number of piperazine rings is 1. The Morgan fingerprint density at radius 1 is 1.16 bits per heavy atom. The molecule has 0 aromatic carbocycles. The topological polar surface area (TPSA) is 36.7 Å². The zero-order chi connectivity index (χ0) is 17.4. The first-order valence-electron chi connectivity index (χ1n) is 9.11. The van der Waals surface area contributed by atoms with E-state index < -0.39 is 0 Å². The minimum absolute atomic E-state index is 0.950. The van der Waals surface area contributed by atoms with E-state index in [-0.39, 0.29) is 0 Å². The Labute approximate surface area is 152 Å². The van der Waals surface area contributed by atoms with Gasteiger partial charge in [0.15, 0.2) is 5.65 Å². The molecule has 0 unspecified atom stereocenters. The van der Waals surface area contributed by atoms with Gasteiger partial charge in [-0.2, -0.15) is 9.61 Å². The fourth-order valence-corrected chi connectivity index (χ4v) is 4.38. The summed E-state index contributed by atoms with van der Waals surface area (Å²) >= 11 is 1.73. The molecule has 3 aromatic heterocycles. The predicted octanol–water partition coefficient (Wildman–Crippen LogP) is 3.47. The van der Waals surface area contributed by atoms with Crippen LogP contribution in [0.4, 0.5) is 5.82 Å². The van der Waals surface area contributed by atoms with E-state index in [4.69, 9.17) is 10.1 Å². The number of hydrogen-bond acceptors (Lipinski definition) is 5. The van der Waals surface area contributed by atoms with Gasteiger partial charge in [-0.25, -0.2) is 4.98 Å². The Balaban J connectivity index is 1.82. The van der Waals surface area contributed by atoms with Gasteiger partial charge >= 0.3 is 0 Å². The lowest BCUT2D eigenvalue weighted by Crippen LogP contribution is -2.47. The summed E-state index contributed by atoms with van der Waals surface area (Å²) in [4.78, 5) is 11.0. The van der Waals surface area contributed by atoms with Crippen LogP contribution in [0.1, 0.15) is 25.1 Å². The summed E-state index contributed by atoms with van der Waals surface area (Å²) in [6.45, 7) is 12.0. The second-order valence-electron chi connectivity index (χ2n) is 6.55. The summed E-state index contributed by atoms with van der Waals surface area (Å²) in [5.41, 5.74) is 4.41. The van der Waals surface area contributed by atoms with Crippen molar-refractivity contribution < 1.29 is 0 Å². The third-order valence-electron chi connectivity index (χ3n) is 5.13. The fraction of sp³-hybridized carbons (Fsp3) is 0.474. The van der Waals surface area contributed by atoms with Crippen LogP contribution >= 0.6 is 11.3 Å². The van der Waals surface area contributed by atoms with Crippen molar-refractivity contribution in [3.63, 3.8) is 0 Å².